The molecular formula is C15H24N4O3. The van der Waals surface area contributed by atoms with Crippen molar-refractivity contribution in [3.63, 3.8) is 0 Å². The fourth-order valence-electron chi connectivity index (χ4n) is 2.77. The third kappa shape index (κ3) is 3.98. The van der Waals surface area contributed by atoms with Crippen molar-refractivity contribution in [1.29, 1.82) is 0 Å². The van der Waals surface area contributed by atoms with Crippen LogP contribution in [0.25, 0.3) is 0 Å². The van der Waals surface area contributed by atoms with Gasteiger partial charge in [0.25, 0.3) is 0 Å². The van der Waals surface area contributed by atoms with Gasteiger partial charge < -0.3 is 19.1 Å². The van der Waals surface area contributed by atoms with E-state index in [4.69, 9.17) is 9.26 Å². The van der Waals surface area contributed by atoms with E-state index in [1.54, 1.807) is 4.90 Å². The van der Waals surface area contributed by atoms with Gasteiger partial charge in [-0.05, 0) is 32.7 Å². The molecule has 1 aliphatic carbocycles. The number of anilines is 1. The molecule has 0 spiro atoms. The van der Waals surface area contributed by atoms with Gasteiger partial charge in [-0.25, -0.2) is 4.79 Å². The maximum atomic E-state index is 12.3. The van der Waals surface area contributed by atoms with Crippen LogP contribution < -0.4 is 5.32 Å². The zero-order chi connectivity index (χ0) is 15.5. The predicted molar refractivity (Wildman–Crippen MR) is 81.8 cm³/mol. The smallest absolute Gasteiger partial charge is 0.323 e. The van der Waals surface area contributed by atoms with Crippen LogP contribution in [0.15, 0.2) is 10.8 Å². The van der Waals surface area contributed by atoms with Crippen LogP contribution in [0.5, 0.6) is 0 Å². The zero-order valence-corrected chi connectivity index (χ0v) is 13.2. The first-order valence-corrected chi connectivity index (χ1v) is 7.89. The topological polar surface area (TPSA) is 70.8 Å². The van der Waals surface area contributed by atoms with E-state index in [0.717, 1.165) is 24.6 Å². The summed E-state index contributed by atoms with van der Waals surface area (Å²) in [5.74, 6) is 1.35. The van der Waals surface area contributed by atoms with Crippen LogP contribution in [-0.4, -0.2) is 66.9 Å². The lowest BCUT2D eigenvalue weighted by molar-refractivity contribution is -0.0261. The van der Waals surface area contributed by atoms with Crippen molar-refractivity contribution < 1.29 is 14.1 Å². The Morgan fingerprint density at radius 3 is 3.00 bits per heavy atom. The highest BCUT2D eigenvalue weighted by molar-refractivity contribution is 5.88. The molecule has 1 aromatic heterocycles. The summed E-state index contributed by atoms with van der Waals surface area (Å²) in [6.07, 6.45) is 4.29. The summed E-state index contributed by atoms with van der Waals surface area (Å²) in [5, 5.41) is 6.57. The van der Waals surface area contributed by atoms with Gasteiger partial charge >= 0.3 is 6.03 Å². The van der Waals surface area contributed by atoms with E-state index in [9.17, 15) is 4.79 Å². The van der Waals surface area contributed by atoms with Crippen LogP contribution in [-0.2, 0) is 4.74 Å². The van der Waals surface area contributed by atoms with Crippen molar-refractivity contribution in [3.05, 3.63) is 11.8 Å². The Morgan fingerprint density at radius 2 is 2.32 bits per heavy atom. The lowest BCUT2D eigenvalue weighted by Gasteiger charge is -2.34. The van der Waals surface area contributed by atoms with E-state index in [1.165, 1.54) is 19.1 Å². The molecule has 22 heavy (non-hydrogen) atoms. The molecular weight excluding hydrogens is 284 g/mol. The number of carbonyl (C=O) groups excluding carboxylic acids is 1. The molecule has 1 unspecified atom stereocenters. The monoisotopic (exact) mass is 308 g/mol. The third-order valence-electron chi connectivity index (χ3n) is 4.18. The van der Waals surface area contributed by atoms with Crippen molar-refractivity contribution in [2.45, 2.75) is 25.9 Å². The predicted octanol–water partition coefficient (Wildman–Crippen LogP) is 1.56. The number of nitrogens with zero attached hydrogens (tertiary/aromatic N) is 3. The number of hydrogen-bond donors (Lipinski definition) is 1. The Balaban J connectivity index is 1.48. The molecule has 1 atom stereocenters. The number of urea groups is 1. The van der Waals surface area contributed by atoms with Gasteiger partial charge in [0, 0.05) is 31.7 Å². The first-order chi connectivity index (χ1) is 10.6. The summed E-state index contributed by atoms with van der Waals surface area (Å²) in [4.78, 5) is 16.4. The molecule has 1 saturated heterocycles. The number of aromatic nitrogens is 1. The number of amides is 2. The molecule has 2 aliphatic rings. The highest BCUT2D eigenvalue weighted by Crippen LogP contribution is 2.29. The second kappa shape index (κ2) is 6.66. The van der Waals surface area contributed by atoms with Crippen LogP contribution in [0.4, 0.5) is 10.6 Å². The molecule has 122 valence electrons. The first-order valence-electron chi connectivity index (χ1n) is 7.89. The van der Waals surface area contributed by atoms with E-state index in [-0.39, 0.29) is 12.1 Å². The highest BCUT2D eigenvalue weighted by Gasteiger charge is 2.28. The van der Waals surface area contributed by atoms with Crippen molar-refractivity contribution in [3.8, 4) is 0 Å². The molecule has 1 saturated carbocycles. The summed E-state index contributed by atoms with van der Waals surface area (Å²) < 4.78 is 10.6. The van der Waals surface area contributed by atoms with Crippen molar-refractivity contribution in [1.82, 2.24) is 15.0 Å². The molecule has 1 aliphatic heterocycles. The van der Waals surface area contributed by atoms with Gasteiger partial charge in [-0.1, -0.05) is 5.16 Å². The lowest BCUT2D eigenvalue weighted by Crippen LogP contribution is -2.50. The first kappa shape index (κ1) is 15.3. The maximum absolute atomic E-state index is 12.3. The molecule has 2 fully saturated rings. The van der Waals surface area contributed by atoms with Crippen molar-refractivity contribution in [2.75, 3.05) is 45.2 Å². The van der Waals surface area contributed by atoms with Gasteiger partial charge in [0.1, 0.15) is 6.26 Å². The molecule has 1 N–H and O–H groups in total. The lowest BCUT2D eigenvalue weighted by atomic mass is 10.2. The van der Waals surface area contributed by atoms with Crippen molar-refractivity contribution >= 4 is 11.8 Å². The van der Waals surface area contributed by atoms with Crippen LogP contribution in [0, 0.1) is 12.8 Å². The van der Waals surface area contributed by atoms with E-state index in [1.807, 2.05) is 6.92 Å². The summed E-state index contributed by atoms with van der Waals surface area (Å²) in [6, 6.07) is -0.143. The maximum Gasteiger partial charge on any atom is 0.323 e. The Labute approximate surface area is 130 Å². The summed E-state index contributed by atoms with van der Waals surface area (Å²) in [6.45, 7) is 5.63. The number of hydrogen-bond acceptors (Lipinski definition) is 5. The van der Waals surface area contributed by atoms with Gasteiger partial charge in [0.15, 0.2) is 5.82 Å². The average molecular weight is 308 g/mol. The van der Waals surface area contributed by atoms with Gasteiger partial charge in [-0.2, -0.15) is 0 Å². The molecule has 2 heterocycles. The standard InChI is InChI=1S/C15H24N4O3/c1-11-10-22-17-14(11)16-15(20)19-5-6-21-13(9-19)8-18(2)7-12-3-4-12/h10,12-13H,3-9H2,1-2H3,(H,16,17,20). The van der Waals surface area contributed by atoms with Crippen molar-refractivity contribution in [2.24, 2.45) is 5.92 Å². The van der Waals surface area contributed by atoms with Crippen LogP contribution >= 0.6 is 0 Å². The molecule has 7 nitrogen and oxygen atoms in total. The normalized spacial score (nSPS) is 22.1. The van der Waals surface area contributed by atoms with Gasteiger partial charge in [0.05, 0.1) is 12.7 Å². The Bertz CT molecular complexity index is 515. The van der Waals surface area contributed by atoms with Crippen LogP contribution in [0.2, 0.25) is 0 Å². The second-order valence-corrected chi connectivity index (χ2v) is 6.38. The van der Waals surface area contributed by atoms with Crippen LogP contribution in [0.1, 0.15) is 18.4 Å². The summed E-state index contributed by atoms with van der Waals surface area (Å²) >= 11 is 0. The number of carbonyl (C=O) groups is 1. The minimum absolute atomic E-state index is 0.0710. The van der Waals surface area contributed by atoms with Gasteiger partial charge in [-0.15, -0.1) is 0 Å². The minimum Gasteiger partial charge on any atom is -0.373 e. The van der Waals surface area contributed by atoms with E-state index < -0.39 is 0 Å². The molecule has 0 radical (unpaired) electrons. The van der Waals surface area contributed by atoms with Gasteiger partial charge in [-0.3, -0.25) is 5.32 Å². The zero-order valence-electron chi connectivity index (χ0n) is 13.2. The Kier molecular flexibility index (Phi) is 4.63. The molecule has 7 heteroatoms. The number of ether oxygens (including phenoxy) is 1. The largest absolute Gasteiger partial charge is 0.373 e. The minimum atomic E-state index is -0.143. The number of morpholine rings is 1. The summed E-state index contributed by atoms with van der Waals surface area (Å²) in [5.41, 5.74) is 0.822. The second-order valence-electron chi connectivity index (χ2n) is 6.38. The quantitative estimate of drug-likeness (QED) is 0.894. The van der Waals surface area contributed by atoms with E-state index in [0.29, 0.717) is 25.5 Å². The summed E-state index contributed by atoms with van der Waals surface area (Å²) in [7, 11) is 2.12. The Hall–Kier alpha value is -1.60. The molecule has 1 aromatic rings. The molecule has 0 aromatic carbocycles. The van der Waals surface area contributed by atoms with Crippen LogP contribution in [0.3, 0.4) is 0 Å². The fourth-order valence-corrected chi connectivity index (χ4v) is 2.77. The van der Waals surface area contributed by atoms with Gasteiger partial charge in [0.2, 0.25) is 0 Å². The van der Waals surface area contributed by atoms with E-state index >= 15 is 0 Å². The number of rotatable bonds is 5. The fraction of sp³-hybridized carbons (Fsp3) is 0.733. The SMILES string of the molecule is Cc1conc1NC(=O)N1CCOC(CN(C)CC2CC2)C1. The Morgan fingerprint density at radius 1 is 1.50 bits per heavy atom. The molecule has 0 bridgehead atoms. The molecule has 2 amide bonds. The molecule has 3 rings (SSSR count). The third-order valence-corrected chi connectivity index (χ3v) is 4.18. The highest BCUT2D eigenvalue weighted by atomic mass is 16.5. The van der Waals surface area contributed by atoms with E-state index in [2.05, 4.69) is 22.4 Å². The number of nitrogens with one attached hydrogen (secondary N) is 1. The number of aryl methyl sites for hydroxylation is 1. The number of likely N-dealkylation sites (N-methyl/N-ethyl adjacent to an activating group) is 1. The average Bonchev–Trinajstić information content (AvgIpc) is 3.21.